The van der Waals surface area contributed by atoms with Gasteiger partial charge in [0, 0.05) is 11.1 Å². The minimum atomic E-state index is -3.79. The molecule has 0 aliphatic heterocycles. The Kier molecular flexibility index (Phi) is 8.48. The number of benzene rings is 3. The van der Waals surface area contributed by atoms with Gasteiger partial charge in [0.05, 0.1) is 11.1 Å². The first-order chi connectivity index (χ1) is 18.2. The van der Waals surface area contributed by atoms with Gasteiger partial charge in [0.1, 0.15) is 23.0 Å². The Morgan fingerprint density at radius 2 is 1.03 bits per heavy atom. The van der Waals surface area contributed by atoms with Gasteiger partial charge in [-0.05, 0) is 93.1 Å². The number of alkyl halides is 4. The molecule has 0 saturated carbocycles. The normalized spacial score (nSPS) is 11.4. The smallest absolute Gasteiger partial charge is 0.426 e. The third-order valence-corrected chi connectivity index (χ3v) is 5.13. The van der Waals surface area contributed by atoms with Gasteiger partial charge in [-0.15, -0.1) is 0 Å². The van der Waals surface area contributed by atoms with Crippen LogP contribution in [0, 0.1) is 6.92 Å². The first-order valence-electron chi connectivity index (χ1n) is 11.4. The van der Waals surface area contributed by atoms with E-state index in [4.69, 9.17) is 18.9 Å². The number of ether oxygens (including phenoxy) is 4. The van der Waals surface area contributed by atoms with Crippen LogP contribution in [0.5, 0.6) is 23.0 Å². The maximum Gasteiger partial charge on any atom is 0.426 e. The van der Waals surface area contributed by atoms with Gasteiger partial charge in [0.2, 0.25) is 0 Å². The molecule has 10 heteroatoms. The molecular formula is C29H24F4O6. The van der Waals surface area contributed by atoms with Crippen molar-refractivity contribution < 1.29 is 46.1 Å². The van der Waals surface area contributed by atoms with Gasteiger partial charge in [0.25, 0.3) is 0 Å². The van der Waals surface area contributed by atoms with E-state index in [1.54, 1.807) is 0 Å². The second kappa shape index (κ2) is 11.4. The van der Waals surface area contributed by atoms with Gasteiger partial charge in [-0.3, -0.25) is 0 Å². The molecule has 204 valence electrons. The molecular weight excluding hydrogens is 520 g/mol. The molecule has 0 unspecified atom stereocenters. The van der Waals surface area contributed by atoms with E-state index >= 15 is 0 Å². The molecule has 0 spiro atoms. The summed E-state index contributed by atoms with van der Waals surface area (Å²) in [6, 6.07) is 12.1. The predicted octanol–water partition coefficient (Wildman–Crippen LogP) is 7.21. The van der Waals surface area contributed by atoms with Gasteiger partial charge < -0.3 is 18.9 Å². The van der Waals surface area contributed by atoms with Gasteiger partial charge >= 0.3 is 24.2 Å². The van der Waals surface area contributed by atoms with Gasteiger partial charge in [0.15, 0.2) is 0 Å². The van der Waals surface area contributed by atoms with Crippen molar-refractivity contribution in [2.24, 2.45) is 0 Å². The molecule has 0 N–H and O–H groups in total. The van der Waals surface area contributed by atoms with E-state index in [2.05, 4.69) is 13.2 Å². The van der Waals surface area contributed by atoms with E-state index in [9.17, 15) is 27.2 Å². The second-order valence-electron chi connectivity index (χ2n) is 8.55. The Bertz CT molecular complexity index is 1400. The van der Waals surface area contributed by atoms with Crippen LogP contribution in [0.2, 0.25) is 0 Å². The van der Waals surface area contributed by atoms with Crippen molar-refractivity contribution in [1.82, 2.24) is 0 Å². The summed E-state index contributed by atoms with van der Waals surface area (Å²) in [6.45, 7) is 11.2. The molecule has 0 atom stereocenters. The van der Waals surface area contributed by atoms with Crippen LogP contribution in [0.25, 0.3) is 0 Å². The lowest BCUT2D eigenvalue weighted by molar-refractivity contribution is -0.188. The predicted molar refractivity (Wildman–Crippen MR) is 134 cm³/mol. The van der Waals surface area contributed by atoms with Crippen LogP contribution in [0.15, 0.2) is 91.0 Å². The highest BCUT2D eigenvalue weighted by Crippen LogP contribution is 2.37. The summed E-state index contributed by atoms with van der Waals surface area (Å²) < 4.78 is 78.6. The number of hydrogen-bond acceptors (Lipinski definition) is 6. The molecule has 0 aliphatic carbocycles. The molecule has 0 heterocycles. The second-order valence-corrected chi connectivity index (χ2v) is 8.55. The summed E-state index contributed by atoms with van der Waals surface area (Å²) in [7, 11) is 0. The number of aryl methyl sites for hydroxylation is 1. The molecule has 0 amide bonds. The van der Waals surface area contributed by atoms with E-state index in [0.717, 1.165) is 42.5 Å². The van der Waals surface area contributed by atoms with Crippen LogP contribution in [0.4, 0.5) is 17.6 Å². The van der Waals surface area contributed by atoms with Crippen LogP contribution >= 0.6 is 0 Å². The third-order valence-electron chi connectivity index (χ3n) is 5.13. The number of hydrogen-bond donors (Lipinski definition) is 0. The fourth-order valence-electron chi connectivity index (χ4n) is 3.03. The number of rotatable bonds is 10. The minimum absolute atomic E-state index is 0.0448. The fourth-order valence-corrected chi connectivity index (χ4v) is 3.03. The van der Waals surface area contributed by atoms with E-state index in [1.807, 2.05) is 0 Å². The van der Waals surface area contributed by atoms with Crippen LogP contribution in [-0.4, -0.2) is 11.9 Å². The summed E-state index contributed by atoms with van der Waals surface area (Å²) in [6.07, 6.45) is -7.58. The van der Waals surface area contributed by atoms with E-state index in [-0.39, 0.29) is 39.7 Å². The molecule has 0 aliphatic rings. The molecule has 0 fully saturated rings. The number of esters is 2. The largest absolute Gasteiger partial charge is 0.429 e. The van der Waals surface area contributed by atoms with Crippen molar-refractivity contribution >= 4 is 11.9 Å². The van der Waals surface area contributed by atoms with Crippen molar-refractivity contribution in [2.45, 2.75) is 33.0 Å². The average Bonchev–Trinajstić information content (AvgIpc) is 2.86. The highest BCUT2D eigenvalue weighted by molar-refractivity contribution is 5.89. The van der Waals surface area contributed by atoms with Crippen molar-refractivity contribution in [3.63, 3.8) is 0 Å². The summed E-state index contributed by atoms with van der Waals surface area (Å²) >= 11 is 0. The maximum absolute atomic E-state index is 14.8. The van der Waals surface area contributed by atoms with E-state index in [1.165, 1.54) is 45.0 Å². The van der Waals surface area contributed by atoms with E-state index in [0.29, 0.717) is 0 Å². The molecule has 3 aromatic carbocycles. The summed E-state index contributed by atoms with van der Waals surface area (Å²) in [4.78, 5) is 23.1. The Labute approximate surface area is 222 Å². The standard InChI is InChI=1S/C29H24F4O6/c1-17(2)26(34)36-22-10-6-20(7-11-22)28(30,31)38-24-14-15-25(19(5)16-24)39-29(32,33)21-8-12-23(13-9-21)37-27(35)18(3)4/h6-16H,1,3H2,2,4-5H3. The highest BCUT2D eigenvalue weighted by Gasteiger charge is 2.37. The van der Waals surface area contributed by atoms with Crippen LogP contribution in [-0.2, 0) is 21.8 Å². The topological polar surface area (TPSA) is 71.1 Å². The minimum Gasteiger partial charge on any atom is -0.429 e. The van der Waals surface area contributed by atoms with Crippen LogP contribution in [0.3, 0.4) is 0 Å². The summed E-state index contributed by atoms with van der Waals surface area (Å²) in [5, 5.41) is 0. The third kappa shape index (κ3) is 7.47. The molecule has 0 saturated heterocycles. The van der Waals surface area contributed by atoms with Crippen molar-refractivity contribution in [3.8, 4) is 23.0 Å². The maximum atomic E-state index is 14.8. The zero-order valence-corrected chi connectivity index (χ0v) is 21.2. The lowest BCUT2D eigenvalue weighted by Gasteiger charge is -2.22. The highest BCUT2D eigenvalue weighted by atomic mass is 19.3. The fraction of sp³-hybridized carbons (Fsp3) is 0.172. The Balaban J connectivity index is 1.69. The lowest BCUT2D eigenvalue weighted by atomic mass is 10.1. The van der Waals surface area contributed by atoms with Crippen molar-refractivity contribution in [1.29, 1.82) is 0 Å². The molecule has 3 rings (SSSR count). The monoisotopic (exact) mass is 544 g/mol. The Morgan fingerprint density at radius 3 is 1.41 bits per heavy atom. The summed E-state index contributed by atoms with van der Waals surface area (Å²) in [5.41, 5.74) is -0.654. The number of carbonyl (C=O) groups is 2. The Morgan fingerprint density at radius 1 is 0.641 bits per heavy atom. The molecule has 0 radical (unpaired) electrons. The molecule has 0 aromatic heterocycles. The molecule has 6 nitrogen and oxygen atoms in total. The zero-order valence-electron chi connectivity index (χ0n) is 21.2. The molecule has 0 bridgehead atoms. The lowest BCUT2D eigenvalue weighted by Crippen LogP contribution is -2.23. The SMILES string of the molecule is C=C(C)C(=O)Oc1ccc(C(F)(F)Oc2ccc(OC(F)(F)c3ccc(OC(=O)C(=C)C)cc3)c(C)c2)cc1. The quantitative estimate of drug-likeness (QED) is 0.116. The first kappa shape index (κ1) is 29.0. The van der Waals surface area contributed by atoms with Crippen molar-refractivity contribution in [3.05, 3.63) is 108 Å². The first-order valence-corrected chi connectivity index (χ1v) is 11.4. The number of carbonyl (C=O) groups excluding carboxylic acids is 2. The van der Waals surface area contributed by atoms with Gasteiger partial charge in [-0.2, -0.15) is 17.6 Å². The van der Waals surface area contributed by atoms with Gasteiger partial charge in [-0.1, -0.05) is 13.2 Å². The van der Waals surface area contributed by atoms with Crippen LogP contribution in [0.1, 0.15) is 30.5 Å². The Hall–Kier alpha value is -4.60. The zero-order chi connectivity index (χ0) is 29.0. The molecule has 3 aromatic rings. The summed E-state index contributed by atoms with van der Waals surface area (Å²) in [5.74, 6) is -1.87. The average molecular weight is 544 g/mol. The van der Waals surface area contributed by atoms with Crippen LogP contribution < -0.4 is 18.9 Å². The van der Waals surface area contributed by atoms with E-state index < -0.39 is 35.3 Å². The molecule has 39 heavy (non-hydrogen) atoms. The van der Waals surface area contributed by atoms with Crippen molar-refractivity contribution in [2.75, 3.05) is 0 Å². The van der Waals surface area contributed by atoms with Gasteiger partial charge in [-0.25, -0.2) is 9.59 Å². The number of halogens is 4.